The maximum Gasteiger partial charge on any atom is 0.123 e. The average molecular weight is 275 g/mol. The van der Waals surface area contributed by atoms with Crippen LogP contribution in [0.4, 0.5) is 4.39 Å². The van der Waals surface area contributed by atoms with Crippen molar-refractivity contribution in [3.05, 3.63) is 58.8 Å². The predicted molar refractivity (Wildman–Crippen MR) is 79.4 cm³/mol. The van der Waals surface area contributed by atoms with Crippen molar-refractivity contribution in [2.75, 3.05) is 6.54 Å². The molecule has 0 saturated heterocycles. The van der Waals surface area contributed by atoms with Gasteiger partial charge in [0.1, 0.15) is 11.6 Å². The summed E-state index contributed by atoms with van der Waals surface area (Å²) in [5.74, 6) is 0.797. The number of hydrogen-bond donors (Lipinski definition) is 1. The average Bonchev–Trinajstić information content (AvgIpc) is 2.89. The third-order valence-electron chi connectivity index (χ3n) is 3.55. The summed E-state index contributed by atoms with van der Waals surface area (Å²) < 4.78 is 18.9. The first-order valence-electron chi connectivity index (χ1n) is 7.23. The molecule has 0 spiro atoms. The molecule has 20 heavy (non-hydrogen) atoms. The molecular weight excluding hydrogens is 253 g/mol. The number of aryl methyl sites for hydroxylation is 2. The summed E-state index contributed by atoms with van der Waals surface area (Å²) in [5, 5.41) is 3.54. The first kappa shape index (κ1) is 14.8. The van der Waals surface area contributed by atoms with E-state index in [1.807, 2.05) is 19.1 Å². The molecule has 0 radical (unpaired) electrons. The molecule has 0 aliphatic carbocycles. The summed E-state index contributed by atoms with van der Waals surface area (Å²) in [7, 11) is 0. The molecule has 2 rings (SSSR count). The fourth-order valence-corrected chi connectivity index (χ4v) is 2.53. The van der Waals surface area contributed by atoms with E-state index in [0.717, 1.165) is 41.8 Å². The van der Waals surface area contributed by atoms with E-state index in [-0.39, 0.29) is 11.9 Å². The van der Waals surface area contributed by atoms with Gasteiger partial charge in [0.15, 0.2) is 0 Å². The molecule has 0 fully saturated rings. The Kier molecular flexibility index (Phi) is 4.96. The molecule has 1 N–H and O–H groups in total. The van der Waals surface area contributed by atoms with E-state index in [1.165, 1.54) is 6.07 Å². The van der Waals surface area contributed by atoms with Crippen LogP contribution in [0.5, 0.6) is 0 Å². The minimum Gasteiger partial charge on any atom is -0.469 e. The third-order valence-corrected chi connectivity index (χ3v) is 3.55. The lowest BCUT2D eigenvalue weighted by Gasteiger charge is -2.21. The Balaban J connectivity index is 2.41. The molecule has 1 aromatic heterocycles. The van der Waals surface area contributed by atoms with Crippen molar-refractivity contribution in [1.29, 1.82) is 0 Å². The Morgan fingerprint density at radius 2 is 2.00 bits per heavy atom. The van der Waals surface area contributed by atoms with Crippen molar-refractivity contribution in [3.63, 3.8) is 0 Å². The molecular formula is C17H22FNO. The minimum atomic E-state index is -0.191. The lowest BCUT2D eigenvalue weighted by molar-refractivity contribution is 0.499. The summed E-state index contributed by atoms with van der Waals surface area (Å²) >= 11 is 0. The molecule has 0 bridgehead atoms. The monoisotopic (exact) mass is 275 g/mol. The van der Waals surface area contributed by atoms with E-state index in [9.17, 15) is 4.39 Å². The first-order valence-corrected chi connectivity index (χ1v) is 7.23. The Bertz CT molecular complexity index is 562. The van der Waals surface area contributed by atoms with E-state index in [1.54, 1.807) is 12.3 Å². The zero-order valence-electron chi connectivity index (χ0n) is 12.4. The molecule has 0 aliphatic rings. The highest BCUT2D eigenvalue weighted by atomic mass is 19.1. The SMILES string of the molecule is CCCNC(c1ccc(F)cc1C)c1ccoc1CC. The summed E-state index contributed by atoms with van der Waals surface area (Å²) in [6, 6.07) is 7.04. The van der Waals surface area contributed by atoms with E-state index in [0.29, 0.717) is 0 Å². The van der Waals surface area contributed by atoms with Gasteiger partial charge in [-0.05, 0) is 49.2 Å². The number of nitrogens with one attached hydrogen (secondary N) is 1. The smallest absolute Gasteiger partial charge is 0.123 e. The van der Waals surface area contributed by atoms with Gasteiger partial charge in [0.25, 0.3) is 0 Å². The van der Waals surface area contributed by atoms with Crippen LogP contribution in [0.15, 0.2) is 34.9 Å². The zero-order chi connectivity index (χ0) is 14.5. The highest BCUT2D eigenvalue weighted by Crippen LogP contribution is 2.29. The van der Waals surface area contributed by atoms with Gasteiger partial charge in [-0.15, -0.1) is 0 Å². The largest absolute Gasteiger partial charge is 0.469 e. The number of benzene rings is 1. The molecule has 2 aromatic rings. The van der Waals surface area contributed by atoms with Crippen molar-refractivity contribution < 1.29 is 8.81 Å². The Labute approximate surface area is 120 Å². The maximum absolute atomic E-state index is 13.3. The standard InChI is InChI=1S/C17H22FNO/c1-4-9-19-17(15-8-10-20-16(15)5-2)14-7-6-13(18)11-12(14)3/h6-8,10-11,17,19H,4-5,9H2,1-3H3. The first-order chi connectivity index (χ1) is 9.67. The van der Waals surface area contributed by atoms with Crippen molar-refractivity contribution >= 4 is 0 Å². The van der Waals surface area contributed by atoms with Crippen LogP contribution in [0.25, 0.3) is 0 Å². The van der Waals surface area contributed by atoms with Crippen molar-refractivity contribution in [2.45, 2.75) is 39.7 Å². The normalized spacial score (nSPS) is 12.6. The van der Waals surface area contributed by atoms with Crippen LogP contribution in [0.1, 0.15) is 48.8 Å². The van der Waals surface area contributed by atoms with Crippen LogP contribution in [-0.4, -0.2) is 6.54 Å². The van der Waals surface area contributed by atoms with Gasteiger partial charge in [0.2, 0.25) is 0 Å². The fraction of sp³-hybridized carbons (Fsp3) is 0.412. The molecule has 2 nitrogen and oxygen atoms in total. The highest BCUT2D eigenvalue weighted by molar-refractivity contribution is 5.38. The highest BCUT2D eigenvalue weighted by Gasteiger charge is 2.20. The molecule has 3 heteroatoms. The number of hydrogen-bond acceptors (Lipinski definition) is 2. The second kappa shape index (κ2) is 6.71. The summed E-state index contributed by atoms with van der Waals surface area (Å²) in [6.45, 7) is 7.08. The Hall–Kier alpha value is -1.61. The summed E-state index contributed by atoms with van der Waals surface area (Å²) in [4.78, 5) is 0. The lowest BCUT2D eigenvalue weighted by Crippen LogP contribution is -2.24. The summed E-state index contributed by atoms with van der Waals surface area (Å²) in [5.41, 5.74) is 3.22. The minimum absolute atomic E-state index is 0.0595. The molecule has 108 valence electrons. The van der Waals surface area contributed by atoms with Crippen LogP contribution in [0.2, 0.25) is 0 Å². The van der Waals surface area contributed by atoms with Crippen molar-refractivity contribution in [2.24, 2.45) is 0 Å². The van der Waals surface area contributed by atoms with Crippen LogP contribution >= 0.6 is 0 Å². The van der Waals surface area contributed by atoms with Gasteiger partial charge in [-0.3, -0.25) is 0 Å². The quantitative estimate of drug-likeness (QED) is 0.846. The number of halogens is 1. The number of furan rings is 1. The fourth-order valence-electron chi connectivity index (χ4n) is 2.53. The van der Waals surface area contributed by atoms with Gasteiger partial charge in [-0.2, -0.15) is 0 Å². The topological polar surface area (TPSA) is 25.2 Å². The van der Waals surface area contributed by atoms with Crippen molar-refractivity contribution in [1.82, 2.24) is 5.32 Å². The van der Waals surface area contributed by atoms with Crippen molar-refractivity contribution in [3.8, 4) is 0 Å². The van der Waals surface area contributed by atoms with Gasteiger partial charge < -0.3 is 9.73 Å². The summed E-state index contributed by atoms with van der Waals surface area (Å²) in [6.07, 6.45) is 3.64. The van der Waals surface area contributed by atoms with Gasteiger partial charge in [-0.25, -0.2) is 4.39 Å². The molecule has 0 aliphatic heterocycles. The van der Waals surface area contributed by atoms with Gasteiger partial charge >= 0.3 is 0 Å². The second-order valence-electron chi connectivity index (χ2n) is 5.04. The Morgan fingerprint density at radius 3 is 2.65 bits per heavy atom. The van der Waals surface area contributed by atoms with E-state index >= 15 is 0 Å². The zero-order valence-corrected chi connectivity index (χ0v) is 12.4. The molecule has 1 atom stereocenters. The van der Waals surface area contributed by atoms with Gasteiger partial charge in [0.05, 0.1) is 12.3 Å². The second-order valence-corrected chi connectivity index (χ2v) is 5.04. The molecule has 1 aromatic carbocycles. The van der Waals surface area contributed by atoms with Crippen LogP contribution in [-0.2, 0) is 6.42 Å². The van der Waals surface area contributed by atoms with Gasteiger partial charge in [-0.1, -0.05) is 19.9 Å². The lowest BCUT2D eigenvalue weighted by atomic mass is 9.94. The van der Waals surface area contributed by atoms with E-state index in [4.69, 9.17) is 4.42 Å². The molecule has 0 saturated carbocycles. The van der Waals surface area contributed by atoms with Crippen LogP contribution in [0, 0.1) is 12.7 Å². The Morgan fingerprint density at radius 1 is 1.20 bits per heavy atom. The predicted octanol–water partition coefficient (Wildman–Crippen LogP) is 4.38. The molecule has 1 unspecified atom stereocenters. The third kappa shape index (κ3) is 3.10. The van der Waals surface area contributed by atoms with E-state index in [2.05, 4.69) is 19.2 Å². The molecule has 1 heterocycles. The van der Waals surface area contributed by atoms with Crippen LogP contribution in [0.3, 0.4) is 0 Å². The van der Waals surface area contributed by atoms with Crippen LogP contribution < -0.4 is 5.32 Å². The van der Waals surface area contributed by atoms with Gasteiger partial charge in [0, 0.05) is 12.0 Å². The molecule has 0 amide bonds. The van der Waals surface area contributed by atoms with E-state index < -0.39 is 0 Å². The number of rotatable bonds is 6. The maximum atomic E-state index is 13.3.